The third-order valence-corrected chi connectivity index (χ3v) is 4.55. The van der Waals surface area contributed by atoms with Crippen molar-refractivity contribution in [2.75, 3.05) is 13.2 Å². The number of aromatic nitrogens is 2. The number of hydrogen-bond donors (Lipinski definition) is 3. The van der Waals surface area contributed by atoms with E-state index in [4.69, 9.17) is 5.11 Å². The molecule has 0 radical (unpaired) electrons. The fraction of sp³-hybridized carbons (Fsp3) is 0.556. The number of hydrogen-bond acceptors (Lipinski definition) is 3. The first kappa shape index (κ1) is 18.3. The van der Waals surface area contributed by atoms with Gasteiger partial charge in [0.15, 0.2) is 0 Å². The van der Waals surface area contributed by atoms with E-state index in [-0.39, 0.29) is 18.2 Å². The van der Waals surface area contributed by atoms with Crippen LogP contribution in [0.5, 0.6) is 0 Å². The summed E-state index contributed by atoms with van der Waals surface area (Å²) in [4.78, 5) is 16.6. The number of carbonyl (C=O) groups is 1. The van der Waals surface area contributed by atoms with Crippen LogP contribution in [0, 0.1) is 6.92 Å². The van der Waals surface area contributed by atoms with E-state index in [9.17, 15) is 4.79 Å². The van der Waals surface area contributed by atoms with E-state index in [1.807, 2.05) is 39.0 Å². The Hall–Kier alpha value is -2.08. The molecule has 3 N–H and O–H groups in total. The number of benzene rings is 1. The molecule has 1 unspecified atom stereocenters. The first-order valence-corrected chi connectivity index (χ1v) is 8.58. The highest BCUT2D eigenvalue weighted by Gasteiger charge is 2.23. The summed E-state index contributed by atoms with van der Waals surface area (Å²) in [6.07, 6.45) is 2.16. The molecule has 1 aromatic carbocycles. The number of carbonyl (C=O) groups excluding carboxylic acids is 1. The van der Waals surface area contributed by atoms with E-state index in [0.29, 0.717) is 13.0 Å². The van der Waals surface area contributed by atoms with E-state index < -0.39 is 0 Å². The second-order valence-electron chi connectivity index (χ2n) is 6.42. The molecule has 0 bridgehead atoms. The molecule has 1 aromatic heterocycles. The predicted molar refractivity (Wildman–Crippen MR) is 96.0 cm³/mol. The summed E-state index contributed by atoms with van der Waals surface area (Å²) in [6, 6.07) is 7.90. The lowest BCUT2D eigenvalue weighted by molar-refractivity contribution is 0.201. The molecule has 6 nitrogen and oxygen atoms in total. The number of aliphatic hydroxyl groups is 1. The third kappa shape index (κ3) is 4.47. The van der Waals surface area contributed by atoms with E-state index >= 15 is 0 Å². The van der Waals surface area contributed by atoms with E-state index in [2.05, 4.69) is 26.3 Å². The SMILES string of the molecule is CCC(C)(CCO)NC(=O)NCCCn1c(C)nc2ccccc21. The van der Waals surface area contributed by atoms with Crippen LogP contribution in [0.1, 0.15) is 38.9 Å². The van der Waals surface area contributed by atoms with Gasteiger partial charge in [-0.3, -0.25) is 0 Å². The number of fused-ring (bicyclic) bond motifs is 1. The summed E-state index contributed by atoms with van der Waals surface area (Å²) >= 11 is 0. The van der Waals surface area contributed by atoms with Crippen molar-refractivity contribution in [3.8, 4) is 0 Å². The number of para-hydroxylation sites is 2. The van der Waals surface area contributed by atoms with Gasteiger partial charge in [0.05, 0.1) is 11.0 Å². The molecular weight excluding hydrogens is 304 g/mol. The largest absolute Gasteiger partial charge is 0.396 e. The molecule has 6 heteroatoms. The fourth-order valence-corrected chi connectivity index (χ4v) is 2.81. The summed E-state index contributed by atoms with van der Waals surface area (Å²) in [5.41, 5.74) is 1.76. The van der Waals surface area contributed by atoms with Crippen molar-refractivity contribution < 1.29 is 9.90 Å². The average molecular weight is 332 g/mol. The van der Waals surface area contributed by atoms with Gasteiger partial charge in [-0.2, -0.15) is 0 Å². The van der Waals surface area contributed by atoms with E-state index in [1.54, 1.807) is 0 Å². The van der Waals surface area contributed by atoms with Crippen LogP contribution in [0.15, 0.2) is 24.3 Å². The van der Waals surface area contributed by atoms with Crippen LogP contribution < -0.4 is 10.6 Å². The monoisotopic (exact) mass is 332 g/mol. The molecule has 0 saturated heterocycles. The van der Waals surface area contributed by atoms with Crippen molar-refractivity contribution in [2.45, 2.75) is 52.1 Å². The van der Waals surface area contributed by atoms with Crippen molar-refractivity contribution in [2.24, 2.45) is 0 Å². The van der Waals surface area contributed by atoms with Gasteiger partial charge in [-0.15, -0.1) is 0 Å². The zero-order chi connectivity index (χ0) is 17.6. The number of nitrogens with one attached hydrogen (secondary N) is 2. The third-order valence-electron chi connectivity index (χ3n) is 4.55. The minimum atomic E-state index is -0.365. The number of aryl methyl sites for hydroxylation is 2. The molecule has 24 heavy (non-hydrogen) atoms. The van der Waals surface area contributed by atoms with Crippen LogP contribution in [0.4, 0.5) is 4.79 Å². The van der Waals surface area contributed by atoms with Crippen molar-refractivity contribution in [1.82, 2.24) is 20.2 Å². The quantitative estimate of drug-likeness (QED) is 0.650. The van der Waals surface area contributed by atoms with Gasteiger partial charge in [0.1, 0.15) is 5.82 Å². The minimum absolute atomic E-state index is 0.0671. The maximum absolute atomic E-state index is 12.0. The van der Waals surface area contributed by atoms with Crippen molar-refractivity contribution in [1.29, 1.82) is 0 Å². The Morgan fingerprint density at radius 2 is 2.12 bits per heavy atom. The van der Waals surface area contributed by atoms with Gasteiger partial charge in [0.25, 0.3) is 0 Å². The molecule has 0 fully saturated rings. The zero-order valence-corrected chi connectivity index (χ0v) is 14.8. The number of amides is 2. The van der Waals surface area contributed by atoms with Gasteiger partial charge in [-0.1, -0.05) is 19.1 Å². The molecule has 1 heterocycles. The Morgan fingerprint density at radius 3 is 2.83 bits per heavy atom. The molecule has 2 aromatic rings. The lowest BCUT2D eigenvalue weighted by Crippen LogP contribution is -2.50. The molecule has 1 atom stereocenters. The summed E-state index contributed by atoms with van der Waals surface area (Å²) in [5.74, 6) is 0.988. The standard InChI is InChI=1S/C18H28N4O2/c1-4-18(3,10-13-23)21-17(24)19-11-7-12-22-14(2)20-15-8-5-6-9-16(15)22/h5-6,8-9,23H,4,7,10-13H2,1-3H3,(H2,19,21,24). The molecule has 132 valence electrons. The minimum Gasteiger partial charge on any atom is -0.396 e. The number of aliphatic hydroxyl groups excluding tert-OH is 1. The van der Waals surface area contributed by atoms with Gasteiger partial charge in [-0.25, -0.2) is 9.78 Å². The number of nitrogens with zero attached hydrogens (tertiary/aromatic N) is 2. The van der Waals surface area contributed by atoms with Gasteiger partial charge in [-0.05, 0) is 45.2 Å². The smallest absolute Gasteiger partial charge is 0.315 e. The van der Waals surface area contributed by atoms with Crippen molar-refractivity contribution in [3.05, 3.63) is 30.1 Å². The van der Waals surface area contributed by atoms with Crippen molar-refractivity contribution >= 4 is 17.1 Å². The Kier molecular flexibility index (Phi) is 6.20. The van der Waals surface area contributed by atoms with Crippen LogP contribution in [0.2, 0.25) is 0 Å². The molecule has 2 amide bonds. The normalized spacial score (nSPS) is 13.7. The van der Waals surface area contributed by atoms with Gasteiger partial charge < -0.3 is 20.3 Å². The highest BCUT2D eigenvalue weighted by atomic mass is 16.3. The molecular formula is C18H28N4O2. The summed E-state index contributed by atoms with van der Waals surface area (Å²) in [7, 11) is 0. The first-order valence-electron chi connectivity index (χ1n) is 8.58. The van der Waals surface area contributed by atoms with Gasteiger partial charge in [0, 0.05) is 25.2 Å². The molecule has 2 rings (SSSR count). The molecule has 0 aliphatic heterocycles. The number of urea groups is 1. The van der Waals surface area contributed by atoms with E-state index in [1.165, 1.54) is 0 Å². The van der Waals surface area contributed by atoms with Crippen LogP contribution in [0.25, 0.3) is 11.0 Å². The Bertz CT molecular complexity index is 683. The topological polar surface area (TPSA) is 79.2 Å². The lowest BCUT2D eigenvalue weighted by atomic mass is 9.95. The molecule has 0 aliphatic rings. The molecule has 0 aliphatic carbocycles. The van der Waals surface area contributed by atoms with Crippen molar-refractivity contribution in [3.63, 3.8) is 0 Å². The Balaban J connectivity index is 1.82. The van der Waals surface area contributed by atoms with E-state index in [0.717, 1.165) is 36.2 Å². The number of rotatable bonds is 8. The first-order chi connectivity index (χ1) is 11.5. The highest BCUT2D eigenvalue weighted by molar-refractivity contribution is 5.76. The summed E-state index contributed by atoms with van der Waals surface area (Å²) in [5, 5.41) is 14.9. The van der Waals surface area contributed by atoms with Gasteiger partial charge in [0.2, 0.25) is 0 Å². The maximum Gasteiger partial charge on any atom is 0.315 e. The second kappa shape index (κ2) is 8.15. The maximum atomic E-state index is 12.0. The molecule has 0 saturated carbocycles. The highest BCUT2D eigenvalue weighted by Crippen LogP contribution is 2.16. The van der Waals surface area contributed by atoms with Crippen LogP contribution in [0.3, 0.4) is 0 Å². The number of imidazole rings is 1. The van der Waals surface area contributed by atoms with Crippen LogP contribution in [-0.2, 0) is 6.54 Å². The second-order valence-corrected chi connectivity index (χ2v) is 6.42. The average Bonchev–Trinajstić information content (AvgIpc) is 2.87. The van der Waals surface area contributed by atoms with Gasteiger partial charge >= 0.3 is 6.03 Å². The summed E-state index contributed by atoms with van der Waals surface area (Å²) in [6.45, 7) is 7.43. The Morgan fingerprint density at radius 1 is 1.38 bits per heavy atom. The Labute approximate surface area is 143 Å². The predicted octanol–water partition coefficient (Wildman–Crippen LogP) is 2.59. The van der Waals surface area contributed by atoms with Crippen LogP contribution in [-0.4, -0.2) is 39.4 Å². The summed E-state index contributed by atoms with van der Waals surface area (Å²) < 4.78 is 2.18. The zero-order valence-electron chi connectivity index (χ0n) is 14.8. The van der Waals surface area contributed by atoms with Crippen LogP contribution >= 0.6 is 0 Å². The fourth-order valence-electron chi connectivity index (χ4n) is 2.81. The lowest BCUT2D eigenvalue weighted by Gasteiger charge is -2.29. The molecule has 0 spiro atoms.